The Morgan fingerprint density at radius 2 is 2.15 bits per heavy atom. The molecule has 0 saturated carbocycles. The minimum absolute atomic E-state index is 0.0521. The summed E-state index contributed by atoms with van der Waals surface area (Å²) < 4.78 is 5.17. The lowest BCUT2D eigenvalue weighted by Crippen LogP contribution is -2.39. The van der Waals surface area contributed by atoms with E-state index in [0.29, 0.717) is 17.2 Å². The van der Waals surface area contributed by atoms with E-state index >= 15 is 0 Å². The molecule has 0 bridgehead atoms. The van der Waals surface area contributed by atoms with Gasteiger partial charge < -0.3 is 14.9 Å². The quantitative estimate of drug-likeness (QED) is 0.845. The Hall–Kier alpha value is -1.88. The molecule has 5 heteroatoms. The van der Waals surface area contributed by atoms with Crippen molar-refractivity contribution in [1.82, 2.24) is 10.5 Å². The number of hydrogen-bond acceptors (Lipinski definition) is 4. The normalized spacial score (nSPS) is 12.8. The Morgan fingerprint density at radius 1 is 1.40 bits per heavy atom. The van der Waals surface area contributed by atoms with Crippen molar-refractivity contribution < 1.29 is 14.4 Å². The molecule has 0 aliphatic heterocycles. The highest BCUT2D eigenvalue weighted by molar-refractivity contribution is 5.86. The summed E-state index contributed by atoms with van der Waals surface area (Å²) in [6, 6.07) is 7.24. The van der Waals surface area contributed by atoms with Crippen LogP contribution in [0.15, 0.2) is 28.8 Å². The number of nitrogens with zero attached hydrogens (tertiary/aromatic N) is 1. The molecule has 0 fully saturated rings. The molecule has 108 valence electrons. The topological polar surface area (TPSA) is 75.4 Å². The largest absolute Gasteiger partial charge is 0.394 e. The van der Waals surface area contributed by atoms with E-state index in [1.807, 2.05) is 24.3 Å². The summed E-state index contributed by atoms with van der Waals surface area (Å²) in [5.74, 6) is 0.268. The number of rotatable bonds is 6. The molecule has 1 heterocycles. The van der Waals surface area contributed by atoms with Gasteiger partial charge in [0.1, 0.15) is 5.69 Å². The molecule has 0 radical (unpaired) electrons. The second kappa shape index (κ2) is 6.52. The summed E-state index contributed by atoms with van der Waals surface area (Å²) in [4.78, 5) is 12.0. The van der Waals surface area contributed by atoms with Gasteiger partial charge in [-0.2, -0.15) is 0 Å². The van der Waals surface area contributed by atoms with Gasteiger partial charge in [-0.05, 0) is 24.5 Å². The summed E-state index contributed by atoms with van der Waals surface area (Å²) in [7, 11) is 0. The van der Waals surface area contributed by atoms with Crippen LogP contribution in [0.2, 0.25) is 0 Å². The second-order valence-corrected chi connectivity index (χ2v) is 5.38. The van der Waals surface area contributed by atoms with E-state index in [4.69, 9.17) is 4.52 Å². The summed E-state index contributed by atoms with van der Waals surface area (Å²) in [5.41, 5.74) is 1.30. The molecule has 1 aromatic carbocycles. The van der Waals surface area contributed by atoms with Crippen LogP contribution >= 0.6 is 0 Å². The third-order valence-electron chi connectivity index (χ3n) is 3.12. The monoisotopic (exact) mass is 276 g/mol. The summed E-state index contributed by atoms with van der Waals surface area (Å²) in [5, 5.41) is 16.9. The number of carbonyl (C=O) groups excluding carboxylic acids is 1. The number of fused-ring (bicyclic) bond motifs is 1. The minimum Gasteiger partial charge on any atom is -0.394 e. The van der Waals surface area contributed by atoms with E-state index in [0.717, 1.165) is 11.8 Å². The SMILES string of the molecule is CC(C)CC(CO)NC(=O)Cc1noc2ccccc12. The van der Waals surface area contributed by atoms with Gasteiger partial charge >= 0.3 is 0 Å². The lowest BCUT2D eigenvalue weighted by molar-refractivity contribution is -0.121. The van der Waals surface area contributed by atoms with Gasteiger partial charge in [0.05, 0.1) is 19.1 Å². The lowest BCUT2D eigenvalue weighted by atomic mass is 10.0. The molecule has 1 unspecified atom stereocenters. The Labute approximate surface area is 118 Å². The van der Waals surface area contributed by atoms with E-state index in [1.54, 1.807) is 0 Å². The van der Waals surface area contributed by atoms with Crippen molar-refractivity contribution in [3.8, 4) is 0 Å². The second-order valence-electron chi connectivity index (χ2n) is 5.38. The van der Waals surface area contributed by atoms with Gasteiger partial charge in [-0.3, -0.25) is 4.79 Å². The van der Waals surface area contributed by atoms with Gasteiger partial charge in [0.25, 0.3) is 0 Å². The van der Waals surface area contributed by atoms with Crippen LogP contribution in [0.4, 0.5) is 0 Å². The van der Waals surface area contributed by atoms with E-state index in [-0.39, 0.29) is 25.0 Å². The Kier molecular flexibility index (Phi) is 4.74. The maximum atomic E-state index is 12.0. The van der Waals surface area contributed by atoms with Crippen molar-refractivity contribution in [1.29, 1.82) is 0 Å². The van der Waals surface area contributed by atoms with Gasteiger partial charge in [-0.1, -0.05) is 31.1 Å². The number of aliphatic hydroxyl groups excluding tert-OH is 1. The highest BCUT2D eigenvalue weighted by atomic mass is 16.5. The van der Waals surface area contributed by atoms with Gasteiger partial charge in [0, 0.05) is 5.39 Å². The molecule has 0 aliphatic rings. The number of aromatic nitrogens is 1. The summed E-state index contributed by atoms with van der Waals surface area (Å²) >= 11 is 0. The zero-order chi connectivity index (χ0) is 14.5. The predicted octanol–water partition coefficient (Wildman–Crippen LogP) is 1.89. The van der Waals surface area contributed by atoms with E-state index in [1.165, 1.54) is 0 Å². The summed E-state index contributed by atoms with van der Waals surface area (Å²) in [6.45, 7) is 4.06. The molecule has 2 aromatic rings. The van der Waals surface area contributed by atoms with Crippen molar-refractivity contribution in [2.75, 3.05) is 6.61 Å². The molecule has 1 atom stereocenters. The summed E-state index contributed by atoms with van der Waals surface area (Å²) in [6.07, 6.45) is 0.910. The number of carbonyl (C=O) groups is 1. The van der Waals surface area contributed by atoms with E-state index < -0.39 is 0 Å². The molecule has 1 aromatic heterocycles. The van der Waals surface area contributed by atoms with Crippen LogP contribution in [0, 0.1) is 5.92 Å². The average molecular weight is 276 g/mol. The molecular formula is C15H20N2O3. The molecule has 20 heavy (non-hydrogen) atoms. The van der Waals surface area contributed by atoms with Crippen LogP contribution in [-0.4, -0.2) is 28.8 Å². The van der Waals surface area contributed by atoms with Crippen LogP contribution < -0.4 is 5.32 Å². The number of para-hydroxylation sites is 1. The number of nitrogens with one attached hydrogen (secondary N) is 1. The van der Waals surface area contributed by atoms with Crippen molar-refractivity contribution in [2.24, 2.45) is 5.92 Å². The van der Waals surface area contributed by atoms with Crippen molar-refractivity contribution in [2.45, 2.75) is 32.7 Å². The number of aliphatic hydroxyl groups is 1. The van der Waals surface area contributed by atoms with E-state index in [2.05, 4.69) is 24.3 Å². The van der Waals surface area contributed by atoms with Gasteiger partial charge in [0.2, 0.25) is 5.91 Å². The first-order valence-electron chi connectivity index (χ1n) is 6.83. The molecule has 0 spiro atoms. The molecule has 1 amide bonds. The first kappa shape index (κ1) is 14.5. The maximum absolute atomic E-state index is 12.0. The number of benzene rings is 1. The standard InChI is InChI=1S/C15H20N2O3/c1-10(2)7-11(9-18)16-15(19)8-13-12-5-3-4-6-14(12)20-17-13/h3-6,10-11,18H,7-9H2,1-2H3,(H,16,19). The van der Waals surface area contributed by atoms with Crippen molar-refractivity contribution in [3.05, 3.63) is 30.0 Å². The lowest BCUT2D eigenvalue weighted by Gasteiger charge is -2.17. The first-order valence-corrected chi connectivity index (χ1v) is 6.83. The minimum atomic E-state index is -0.208. The van der Waals surface area contributed by atoms with Crippen molar-refractivity contribution in [3.63, 3.8) is 0 Å². The number of hydrogen-bond donors (Lipinski definition) is 2. The van der Waals surface area contributed by atoms with Crippen molar-refractivity contribution >= 4 is 16.9 Å². The Balaban J connectivity index is 2.00. The highest BCUT2D eigenvalue weighted by Gasteiger charge is 2.16. The average Bonchev–Trinajstić information content (AvgIpc) is 2.81. The zero-order valence-electron chi connectivity index (χ0n) is 11.8. The highest BCUT2D eigenvalue weighted by Crippen LogP contribution is 2.18. The molecule has 5 nitrogen and oxygen atoms in total. The maximum Gasteiger partial charge on any atom is 0.226 e. The van der Waals surface area contributed by atoms with Gasteiger partial charge in [-0.25, -0.2) is 0 Å². The Bertz CT molecular complexity index is 577. The number of amides is 1. The molecule has 2 N–H and O–H groups in total. The van der Waals surface area contributed by atoms with Gasteiger partial charge in [0.15, 0.2) is 5.58 Å². The molecular weight excluding hydrogens is 256 g/mol. The Morgan fingerprint density at radius 3 is 2.85 bits per heavy atom. The van der Waals surface area contributed by atoms with Crippen LogP contribution in [-0.2, 0) is 11.2 Å². The zero-order valence-corrected chi connectivity index (χ0v) is 11.8. The fourth-order valence-electron chi connectivity index (χ4n) is 2.24. The third-order valence-corrected chi connectivity index (χ3v) is 3.12. The van der Waals surface area contributed by atoms with Crippen LogP contribution in [0.1, 0.15) is 26.0 Å². The molecule has 0 saturated heterocycles. The first-order chi connectivity index (χ1) is 9.60. The molecule has 2 rings (SSSR count). The smallest absolute Gasteiger partial charge is 0.226 e. The molecule has 0 aliphatic carbocycles. The fraction of sp³-hybridized carbons (Fsp3) is 0.467. The fourth-order valence-corrected chi connectivity index (χ4v) is 2.24. The van der Waals surface area contributed by atoms with Crippen LogP contribution in [0.25, 0.3) is 11.0 Å². The van der Waals surface area contributed by atoms with Crippen LogP contribution in [0.3, 0.4) is 0 Å². The van der Waals surface area contributed by atoms with E-state index in [9.17, 15) is 9.90 Å². The predicted molar refractivity (Wildman–Crippen MR) is 76.2 cm³/mol. The van der Waals surface area contributed by atoms with Crippen LogP contribution in [0.5, 0.6) is 0 Å². The third kappa shape index (κ3) is 3.57. The van der Waals surface area contributed by atoms with Gasteiger partial charge in [-0.15, -0.1) is 0 Å².